The normalized spacial score (nSPS) is 11.0. The second-order valence-corrected chi connectivity index (χ2v) is 9.28. The number of halogens is 1. The molecule has 7 nitrogen and oxygen atoms in total. The number of hydrogen-bond donors (Lipinski definition) is 1. The first-order valence-corrected chi connectivity index (χ1v) is 11.7. The molecule has 1 N–H and O–H groups in total. The minimum Gasteiger partial charge on any atom is -0.465 e. The molecule has 3 aromatic carbocycles. The number of benzene rings is 3. The first-order valence-electron chi connectivity index (χ1n) is 9.50. The van der Waals surface area contributed by atoms with Gasteiger partial charge in [0.05, 0.1) is 36.8 Å². The molecule has 0 aliphatic carbocycles. The van der Waals surface area contributed by atoms with E-state index in [1.165, 1.54) is 11.4 Å². The topological polar surface area (TPSA) is 92.8 Å². The van der Waals surface area contributed by atoms with Crippen LogP contribution in [0.5, 0.6) is 0 Å². The minimum absolute atomic E-state index is 0.0756. The number of esters is 1. The summed E-state index contributed by atoms with van der Waals surface area (Å²) < 4.78 is 30.6. The van der Waals surface area contributed by atoms with Gasteiger partial charge in [0.2, 0.25) is 10.0 Å². The Hall–Kier alpha value is -3.36. The maximum absolute atomic E-state index is 12.6. The Balaban J connectivity index is 1.79. The number of amides is 1. The molecular formula is C23H21ClN2O5S. The summed E-state index contributed by atoms with van der Waals surface area (Å²) in [5.41, 5.74) is 2.05. The first kappa shape index (κ1) is 23.3. The van der Waals surface area contributed by atoms with E-state index in [9.17, 15) is 18.0 Å². The van der Waals surface area contributed by atoms with Gasteiger partial charge in [-0.25, -0.2) is 13.2 Å². The van der Waals surface area contributed by atoms with Crippen molar-refractivity contribution < 1.29 is 22.7 Å². The van der Waals surface area contributed by atoms with Gasteiger partial charge in [0.25, 0.3) is 5.91 Å². The highest BCUT2D eigenvalue weighted by molar-refractivity contribution is 7.92. The number of sulfonamides is 1. The predicted molar refractivity (Wildman–Crippen MR) is 125 cm³/mol. The van der Waals surface area contributed by atoms with Gasteiger partial charge in [0.1, 0.15) is 0 Å². The lowest BCUT2D eigenvalue weighted by atomic mass is 10.1. The molecule has 0 bridgehead atoms. The molecule has 0 spiro atoms. The Morgan fingerprint density at radius 1 is 1.00 bits per heavy atom. The number of nitrogens with zero attached hydrogens (tertiary/aromatic N) is 1. The summed E-state index contributed by atoms with van der Waals surface area (Å²) in [6.45, 7) is 0.0756. The monoisotopic (exact) mass is 472 g/mol. The molecule has 1 amide bonds. The molecule has 0 saturated heterocycles. The smallest absolute Gasteiger partial charge is 0.339 e. The number of anilines is 2. The maximum Gasteiger partial charge on any atom is 0.339 e. The fourth-order valence-electron chi connectivity index (χ4n) is 3.03. The zero-order chi connectivity index (χ0) is 23.3. The summed E-state index contributed by atoms with van der Waals surface area (Å²) in [6.07, 6.45) is 1.12. The van der Waals surface area contributed by atoms with Gasteiger partial charge >= 0.3 is 5.97 Å². The fraction of sp³-hybridized carbons (Fsp3) is 0.130. The molecule has 0 unspecified atom stereocenters. The molecule has 9 heteroatoms. The number of carbonyl (C=O) groups excluding carboxylic acids is 2. The van der Waals surface area contributed by atoms with Crippen molar-refractivity contribution in [1.29, 1.82) is 0 Å². The van der Waals surface area contributed by atoms with Crippen LogP contribution in [0.3, 0.4) is 0 Å². The van der Waals surface area contributed by atoms with Crippen molar-refractivity contribution in [2.75, 3.05) is 23.0 Å². The maximum atomic E-state index is 12.6. The lowest BCUT2D eigenvalue weighted by Crippen LogP contribution is -2.29. The van der Waals surface area contributed by atoms with Crippen molar-refractivity contribution >= 4 is 44.9 Å². The fourth-order valence-corrected chi connectivity index (χ4v) is 4.10. The van der Waals surface area contributed by atoms with E-state index in [0.29, 0.717) is 27.5 Å². The van der Waals surface area contributed by atoms with Crippen molar-refractivity contribution in [2.45, 2.75) is 6.54 Å². The second-order valence-electron chi connectivity index (χ2n) is 6.94. The molecule has 32 heavy (non-hydrogen) atoms. The van der Waals surface area contributed by atoms with Crippen LogP contribution < -0.4 is 9.62 Å². The lowest BCUT2D eigenvalue weighted by Gasteiger charge is -2.22. The molecule has 0 fully saturated rings. The van der Waals surface area contributed by atoms with Crippen LogP contribution in [0.2, 0.25) is 5.02 Å². The molecule has 3 aromatic rings. The molecule has 0 aliphatic rings. The van der Waals surface area contributed by atoms with Crippen LogP contribution in [0, 0.1) is 0 Å². The molecule has 0 heterocycles. The SMILES string of the molecule is COC(=O)c1ccccc1NC(=O)c1ccc(CN(c2cccc(Cl)c2)S(C)(=O)=O)cc1. The summed E-state index contributed by atoms with van der Waals surface area (Å²) in [5, 5.41) is 3.12. The van der Waals surface area contributed by atoms with E-state index in [4.69, 9.17) is 16.3 Å². The van der Waals surface area contributed by atoms with E-state index < -0.39 is 21.9 Å². The summed E-state index contributed by atoms with van der Waals surface area (Å²) in [6, 6.07) is 19.6. The highest BCUT2D eigenvalue weighted by Gasteiger charge is 2.19. The van der Waals surface area contributed by atoms with Crippen LogP contribution in [-0.4, -0.2) is 33.7 Å². The molecule has 0 radical (unpaired) electrons. The third-order valence-electron chi connectivity index (χ3n) is 4.62. The van der Waals surface area contributed by atoms with Crippen molar-refractivity contribution in [3.05, 3.63) is 94.5 Å². The van der Waals surface area contributed by atoms with Crippen molar-refractivity contribution in [3.8, 4) is 0 Å². The third kappa shape index (κ3) is 5.66. The zero-order valence-electron chi connectivity index (χ0n) is 17.4. The first-order chi connectivity index (χ1) is 15.2. The lowest BCUT2D eigenvalue weighted by molar-refractivity contribution is 0.0602. The van der Waals surface area contributed by atoms with Crippen LogP contribution in [0.1, 0.15) is 26.3 Å². The number of methoxy groups -OCH3 is 1. The van der Waals surface area contributed by atoms with E-state index in [2.05, 4.69) is 5.32 Å². The average Bonchev–Trinajstić information content (AvgIpc) is 2.77. The Kier molecular flexibility index (Phi) is 7.17. The quantitative estimate of drug-likeness (QED) is 0.516. The zero-order valence-corrected chi connectivity index (χ0v) is 19.0. The van der Waals surface area contributed by atoms with Crippen LogP contribution in [0.4, 0.5) is 11.4 Å². The molecule has 0 atom stereocenters. The van der Waals surface area contributed by atoms with Crippen LogP contribution in [0.15, 0.2) is 72.8 Å². The summed E-state index contributed by atoms with van der Waals surface area (Å²) >= 11 is 6.01. The highest BCUT2D eigenvalue weighted by atomic mass is 35.5. The molecular weight excluding hydrogens is 452 g/mol. The number of ether oxygens (including phenoxy) is 1. The van der Waals surface area contributed by atoms with E-state index in [1.807, 2.05) is 0 Å². The van der Waals surface area contributed by atoms with Crippen LogP contribution in [-0.2, 0) is 21.3 Å². The summed E-state index contributed by atoms with van der Waals surface area (Å²) in [7, 11) is -2.30. The Labute approximate surface area is 191 Å². The summed E-state index contributed by atoms with van der Waals surface area (Å²) in [4.78, 5) is 24.5. The standard InChI is InChI=1S/C23H21ClN2O5S/c1-31-23(28)20-8-3-4-9-21(20)25-22(27)17-12-10-16(11-13-17)15-26(32(2,29)30)19-7-5-6-18(24)14-19/h3-14H,15H2,1-2H3,(H,25,27). The van der Waals surface area contributed by atoms with Crippen LogP contribution >= 0.6 is 11.6 Å². The van der Waals surface area contributed by atoms with E-state index >= 15 is 0 Å². The van der Waals surface area contributed by atoms with Gasteiger partial charge in [-0.15, -0.1) is 0 Å². The number of rotatable bonds is 7. The minimum atomic E-state index is -3.56. The van der Waals surface area contributed by atoms with E-state index in [0.717, 1.165) is 6.26 Å². The number of hydrogen-bond acceptors (Lipinski definition) is 5. The van der Waals surface area contributed by atoms with Crippen molar-refractivity contribution in [2.24, 2.45) is 0 Å². The number of carbonyl (C=O) groups is 2. The van der Waals surface area contributed by atoms with Gasteiger partial charge in [0.15, 0.2) is 0 Å². The van der Waals surface area contributed by atoms with Gasteiger partial charge in [-0.05, 0) is 48.0 Å². The van der Waals surface area contributed by atoms with Gasteiger partial charge in [-0.1, -0.05) is 41.9 Å². The van der Waals surface area contributed by atoms with Crippen molar-refractivity contribution in [3.63, 3.8) is 0 Å². The van der Waals surface area contributed by atoms with E-state index in [-0.39, 0.29) is 12.1 Å². The number of para-hydroxylation sites is 1. The van der Waals surface area contributed by atoms with Crippen LogP contribution in [0.25, 0.3) is 0 Å². The molecule has 0 aliphatic heterocycles. The number of nitrogens with one attached hydrogen (secondary N) is 1. The Morgan fingerprint density at radius 2 is 1.69 bits per heavy atom. The molecule has 3 rings (SSSR count). The van der Waals surface area contributed by atoms with Gasteiger partial charge < -0.3 is 10.1 Å². The third-order valence-corrected chi connectivity index (χ3v) is 6.00. The predicted octanol–water partition coefficient (Wildman–Crippen LogP) is 4.35. The Bertz CT molecular complexity index is 1240. The molecule has 0 aromatic heterocycles. The molecule has 0 saturated carbocycles. The summed E-state index contributed by atoms with van der Waals surface area (Å²) in [5.74, 6) is -0.971. The second kappa shape index (κ2) is 9.84. The molecule has 166 valence electrons. The largest absolute Gasteiger partial charge is 0.465 e. The van der Waals surface area contributed by atoms with E-state index in [1.54, 1.807) is 72.8 Å². The van der Waals surface area contributed by atoms with Gasteiger partial charge in [-0.2, -0.15) is 0 Å². The van der Waals surface area contributed by atoms with Gasteiger partial charge in [-0.3, -0.25) is 9.10 Å². The van der Waals surface area contributed by atoms with Crippen molar-refractivity contribution in [1.82, 2.24) is 0 Å². The highest BCUT2D eigenvalue weighted by Crippen LogP contribution is 2.24. The van der Waals surface area contributed by atoms with Gasteiger partial charge in [0, 0.05) is 10.6 Å². The Morgan fingerprint density at radius 3 is 2.31 bits per heavy atom. The average molecular weight is 473 g/mol.